The van der Waals surface area contributed by atoms with E-state index >= 15 is 0 Å². The Morgan fingerprint density at radius 1 is 1.41 bits per heavy atom. The van der Waals surface area contributed by atoms with E-state index in [1.54, 1.807) is 0 Å². The zero-order valence-electron chi connectivity index (χ0n) is 11.3. The van der Waals surface area contributed by atoms with Crippen molar-refractivity contribution in [2.45, 2.75) is 24.5 Å². The van der Waals surface area contributed by atoms with Crippen molar-refractivity contribution >= 4 is 22.8 Å². The third-order valence-electron chi connectivity index (χ3n) is 3.67. The molecule has 0 aliphatic carbocycles. The van der Waals surface area contributed by atoms with E-state index in [-0.39, 0.29) is 22.4 Å². The summed E-state index contributed by atoms with van der Waals surface area (Å²) in [4.78, 5) is 19.3. The predicted molar refractivity (Wildman–Crippen MR) is 72.4 cm³/mol. The minimum atomic E-state index is -1.40. The van der Waals surface area contributed by atoms with Crippen molar-refractivity contribution in [3.8, 4) is 0 Å². The fourth-order valence-corrected chi connectivity index (χ4v) is 2.58. The summed E-state index contributed by atoms with van der Waals surface area (Å²) in [5.41, 5.74) is 11.3. The molecular weight excluding hydrogens is 297 g/mol. The predicted octanol–water partition coefficient (Wildman–Crippen LogP) is -1.30. The topological polar surface area (TPSA) is 150 Å². The van der Waals surface area contributed by atoms with E-state index in [1.165, 1.54) is 17.1 Å². The van der Waals surface area contributed by atoms with Gasteiger partial charge in [0.15, 0.2) is 6.23 Å². The molecular formula is C12H14FN5O4. The van der Waals surface area contributed by atoms with Crippen molar-refractivity contribution < 1.29 is 24.1 Å². The second-order valence-electron chi connectivity index (χ2n) is 4.97. The third-order valence-corrected chi connectivity index (χ3v) is 3.67. The fraction of sp³-hybridized carbons (Fsp3) is 0.417. The van der Waals surface area contributed by atoms with Gasteiger partial charge in [0.2, 0.25) is 0 Å². The van der Waals surface area contributed by atoms with E-state index in [9.17, 15) is 19.4 Å². The minimum Gasteiger partial charge on any atom is -0.387 e. The Labute approximate surface area is 123 Å². The third kappa shape index (κ3) is 2.00. The molecule has 1 aliphatic heterocycles. The molecule has 10 heteroatoms. The number of hydrogen-bond acceptors (Lipinski definition) is 7. The average molecular weight is 311 g/mol. The summed E-state index contributed by atoms with van der Waals surface area (Å²) in [6.45, 7) is -0.965. The second-order valence-corrected chi connectivity index (χ2v) is 4.97. The Bertz CT molecular complexity index is 736. The van der Waals surface area contributed by atoms with Crippen LogP contribution in [0.4, 0.5) is 10.2 Å². The van der Waals surface area contributed by atoms with Crippen LogP contribution in [0.15, 0.2) is 12.5 Å². The van der Waals surface area contributed by atoms with E-state index < -0.39 is 37.1 Å². The lowest BCUT2D eigenvalue weighted by Crippen LogP contribution is -2.32. The first kappa shape index (κ1) is 14.6. The Balaban J connectivity index is 2.16. The maximum Gasteiger partial charge on any atom is 0.251 e. The van der Waals surface area contributed by atoms with Crippen LogP contribution in [0.5, 0.6) is 0 Å². The molecule has 0 bridgehead atoms. The molecule has 4 atom stereocenters. The standard InChI is InChI=1S/C12H14FN5O4/c13-1-5-7(19)8(20)12(22-5)18-2-4(10(15)21)6-9(14)16-3-17-11(6)18/h2-3,5,7-8,12,19-20H,1H2,(H2,15,21)(H2,14,16,17)/t5-,7-,8-,12-/m1/s1. The van der Waals surface area contributed by atoms with E-state index in [2.05, 4.69) is 9.97 Å². The molecule has 3 rings (SSSR count). The highest BCUT2D eigenvalue weighted by Crippen LogP contribution is 2.34. The van der Waals surface area contributed by atoms with Gasteiger partial charge in [-0.2, -0.15) is 0 Å². The molecule has 2 aromatic rings. The number of alkyl halides is 1. The van der Waals surface area contributed by atoms with Crippen molar-refractivity contribution in [1.82, 2.24) is 14.5 Å². The molecule has 2 aromatic heterocycles. The lowest BCUT2D eigenvalue weighted by Gasteiger charge is -2.17. The molecule has 6 N–H and O–H groups in total. The summed E-state index contributed by atoms with van der Waals surface area (Å²) in [5, 5.41) is 20.0. The zero-order chi connectivity index (χ0) is 16.0. The number of hydrogen-bond donors (Lipinski definition) is 4. The second kappa shape index (κ2) is 5.16. The van der Waals surface area contributed by atoms with Crippen LogP contribution in [-0.4, -0.2) is 55.6 Å². The number of aliphatic hydroxyl groups is 2. The summed E-state index contributed by atoms with van der Waals surface area (Å²) in [7, 11) is 0. The first-order chi connectivity index (χ1) is 10.5. The van der Waals surface area contributed by atoms with Gasteiger partial charge in [-0.15, -0.1) is 0 Å². The molecule has 22 heavy (non-hydrogen) atoms. The van der Waals surface area contributed by atoms with Gasteiger partial charge in [-0.25, -0.2) is 14.4 Å². The number of carbonyl (C=O) groups is 1. The monoisotopic (exact) mass is 311 g/mol. The molecule has 0 saturated carbocycles. The van der Waals surface area contributed by atoms with Gasteiger partial charge in [-0.1, -0.05) is 0 Å². The Hall–Kier alpha value is -2.30. The van der Waals surface area contributed by atoms with Crippen LogP contribution in [0.2, 0.25) is 0 Å². The number of nitrogens with zero attached hydrogens (tertiary/aromatic N) is 3. The number of nitrogens with two attached hydrogens (primary N) is 2. The molecule has 0 aromatic carbocycles. The number of carbonyl (C=O) groups excluding carboxylic acids is 1. The van der Waals surface area contributed by atoms with Gasteiger partial charge in [0.05, 0.1) is 10.9 Å². The lowest BCUT2D eigenvalue weighted by molar-refractivity contribution is -0.0406. The van der Waals surface area contributed by atoms with E-state index in [4.69, 9.17) is 16.2 Å². The number of nitrogen functional groups attached to an aromatic ring is 1. The van der Waals surface area contributed by atoms with Crippen LogP contribution in [-0.2, 0) is 4.74 Å². The molecule has 3 heterocycles. The first-order valence-electron chi connectivity index (χ1n) is 6.44. The zero-order valence-corrected chi connectivity index (χ0v) is 11.3. The minimum absolute atomic E-state index is 0.0348. The van der Waals surface area contributed by atoms with Crippen LogP contribution in [0.1, 0.15) is 16.6 Å². The van der Waals surface area contributed by atoms with Crippen molar-refractivity contribution in [3.05, 3.63) is 18.1 Å². The summed E-state index contributed by atoms with van der Waals surface area (Å²) in [6.07, 6.45) is -2.63. The summed E-state index contributed by atoms with van der Waals surface area (Å²) in [5.74, 6) is -0.729. The molecule has 1 fully saturated rings. The number of primary amides is 1. The smallest absolute Gasteiger partial charge is 0.251 e. The van der Waals surface area contributed by atoms with Crippen molar-refractivity contribution in [2.75, 3.05) is 12.4 Å². The van der Waals surface area contributed by atoms with Gasteiger partial charge < -0.3 is 31.0 Å². The van der Waals surface area contributed by atoms with Gasteiger partial charge in [-0.05, 0) is 0 Å². The number of fused-ring (bicyclic) bond motifs is 1. The molecule has 0 unspecified atom stereocenters. The maximum atomic E-state index is 12.8. The highest BCUT2D eigenvalue weighted by atomic mass is 19.1. The Morgan fingerprint density at radius 2 is 2.14 bits per heavy atom. The maximum absolute atomic E-state index is 12.8. The number of halogens is 1. The molecule has 9 nitrogen and oxygen atoms in total. The Kier molecular flexibility index (Phi) is 3.43. The number of aliphatic hydroxyl groups excluding tert-OH is 2. The van der Waals surface area contributed by atoms with Gasteiger partial charge in [0, 0.05) is 6.20 Å². The van der Waals surface area contributed by atoms with Gasteiger partial charge in [0.1, 0.15) is 42.8 Å². The van der Waals surface area contributed by atoms with Crippen LogP contribution in [0.25, 0.3) is 11.0 Å². The van der Waals surface area contributed by atoms with Gasteiger partial charge in [0.25, 0.3) is 5.91 Å². The van der Waals surface area contributed by atoms with E-state index in [0.717, 1.165) is 0 Å². The number of anilines is 1. The van der Waals surface area contributed by atoms with Crippen molar-refractivity contribution in [1.29, 1.82) is 0 Å². The van der Waals surface area contributed by atoms with Crippen LogP contribution in [0, 0.1) is 0 Å². The number of ether oxygens (including phenoxy) is 1. The highest BCUT2D eigenvalue weighted by Gasteiger charge is 2.44. The largest absolute Gasteiger partial charge is 0.387 e. The number of amides is 1. The SMILES string of the molecule is NC(=O)c1cn([C@@H]2O[C@H](CF)[C@@H](O)[C@H]2O)c2ncnc(N)c12. The molecule has 0 spiro atoms. The van der Waals surface area contributed by atoms with Crippen molar-refractivity contribution in [2.24, 2.45) is 5.73 Å². The fourth-order valence-electron chi connectivity index (χ4n) is 2.58. The van der Waals surface area contributed by atoms with Crippen LogP contribution < -0.4 is 11.5 Å². The van der Waals surface area contributed by atoms with E-state index in [0.29, 0.717) is 0 Å². The summed E-state index contributed by atoms with van der Waals surface area (Å²) in [6, 6.07) is 0. The first-order valence-corrected chi connectivity index (χ1v) is 6.44. The molecule has 1 aliphatic rings. The Morgan fingerprint density at radius 3 is 2.73 bits per heavy atom. The molecule has 1 saturated heterocycles. The van der Waals surface area contributed by atoms with Crippen molar-refractivity contribution in [3.63, 3.8) is 0 Å². The number of aromatic nitrogens is 3. The summed E-state index contributed by atoms with van der Waals surface area (Å²) >= 11 is 0. The number of rotatable bonds is 3. The van der Waals surface area contributed by atoms with Gasteiger partial charge >= 0.3 is 0 Å². The van der Waals surface area contributed by atoms with E-state index in [1.807, 2.05) is 0 Å². The van der Waals surface area contributed by atoms with Crippen LogP contribution in [0.3, 0.4) is 0 Å². The summed E-state index contributed by atoms with van der Waals surface area (Å²) < 4.78 is 19.4. The molecule has 118 valence electrons. The molecule has 1 amide bonds. The normalized spacial score (nSPS) is 28.3. The van der Waals surface area contributed by atoms with Gasteiger partial charge in [-0.3, -0.25) is 4.79 Å². The highest BCUT2D eigenvalue weighted by molar-refractivity contribution is 6.08. The molecule has 0 radical (unpaired) electrons. The lowest BCUT2D eigenvalue weighted by atomic mass is 10.1. The average Bonchev–Trinajstić information content (AvgIpc) is 3.00. The quantitative estimate of drug-likeness (QED) is 0.550. The van der Waals surface area contributed by atoms with Crippen LogP contribution >= 0.6 is 0 Å².